The quantitative estimate of drug-likeness (QED) is 0.376. The summed E-state index contributed by atoms with van der Waals surface area (Å²) in [5.74, 6) is 3.11. The smallest absolute Gasteiger partial charge is 0.149 e. The summed E-state index contributed by atoms with van der Waals surface area (Å²) >= 11 is 0. The maximum absolute atomic E-state index is 10.1. The molecule has 0 unspecified atom stereocenters. The van der Waals surface area contributed by atoms with Crippen molar-refractivity contribution in [3.63, 3.8) is 0 Å². The van der Waals surface area contributed by atoms with Crippen LogP contribution in [0.1, 0.15) is 55.6 Å². The molecule has 8 rings (SSSR count). The molecule has 1 N–H and O–H groups in total. The fraction of sp³-hybridized carbons (Fsp3) is 0.345. The van der Waals surface area contributed by atoms with E-state index in [1.54, 1.807) is 0 Å². The molecule has 0 saturated heterocycles. The van der Waals surface area contributed by atoms with Crippen LogP contribution >= 0.6 is 0 Å². The van der Waals surface area contributed by atoms with Crippen LogP contribution in [0.25, 0.3) is 28.4 Å². The zero-order chi connectivity index (χ0) is 22.7. The first-order valence-corrected chi connectivity index (χ1v) is 12.4. The molecule has 4 aliphatic rings. The first kappa shape index (κ1) is 19.8. The van der Waals surface area contributed by atoms with E-state index in [0.717, 1.165) is 40.0 Å². The van der Waals surface area contributed by atoms with Crippen molar-refractivity contribution in [3.8, 4) is 11.8 Å². The van der Waals surface area contributed by atoms with Crippen LogP contribution in [0.5, 0.6) is 0 Å². The molecule has 4 saturated carbocycles. The first-order valence-electron chi connectivity index (χ1n) is 12.4. The molecule has 4 aromatic rings. The second-order valence-electron chi connectivity index (χ2n) is 10.7. The van der Waals surface area contributed by atoms with Crippen LogP contribution in [0.2, 0.25) is 0 Å². The number of nitrogens with one attached hydrogen (secondary N) is 1. The number of rotatable bonds is 4. The minimum absolute atomic E-state index is 0.134. The summed E-state index contributed by atoms with van der Waals surface area (Å²) in [6, 6.07) is 20.6. The van der Waals surface area contributed by atoms with Crippen molar-refractivity contribution < 1.29 is 0 Å². The standard InChI is InChI=1S/C29H27N5/c30-17-22(28-31-25-8-4-5-9-26(25)32-28)13-23-18-34(24-6-2-1-3-7-24)33-27(23)29-14-19-10-20(15-29)12-21(11-19)16-29/h1-9,13,18-21H,10-12,14-16H2,(H,31,32). The lowest BCUT2D eigenvalue weighted by molar-refractivity contribution is -0.00742. The number of nitrogens with zero attached hydrogens (tertiary/aromatic N) is 4. The highest BCUT2D eigenvalue weighted by molar-refractivity contribution is 5.90. The highest BCUT2D eigenvalue weighted by Gasteiger charge is 2.53. The van der Waals surface area contributed by atoms with Crippen LogP contribution in [0.3, 0.4) is 0 Å². The van der Waals surface area contributed by atoms with Gasteiger partial charge >= 0.3 is 0 Å². The Kier molecular flexibility index (Phi) is 4.32. The Bertz CT molecular complexity index is 1380. The van der Waals surface area contributed by atoms with Crippen LogP contribution in [0.15, 0.2) is 60.8 Å². The lowest BCUT2D eigenvalue weighted by Gasteiger charge is -2.56. The number of aromatic nitrogens is 4. The maximum atomic E-state index is 10.1. The Morgan fingerprint density at radius 2 is 1.65 bits per heavy atom. The first-order chi connectivity index (χ1) is 16.7. The summed E-state index contributed by atoms with van der Waals surface area (Å²) in [7, 11) is 0. The van der Waals surface area contributed by atoms with Gasteiger partial charge in [-0.15, -0.1) is 0 Å². The van der Waals surface area contributed by atoms with Gasteiger partial charge in [0, 0.05) is 17.2 Å². The van der Waals surface area contributed by atoms with Crippen LogP contribution in [0.4, 0.5) is 0 Å². The van der Waals surface area contributed by atoms with Crippen molar-refractivity contribution in [1.29, 1.82) is 5.26 Å². The number of para-hydroxylation sites is 3. The molecule has 4 aliphatic carbocycles. The Hall–Kier alpha value is -3.65. The fourth-order valence-electron chi connectivity index (χ4n) is 7.41. The average Bonchev–Trinajstić information content (AvgIpc) is 3.47. The monoisotopic (exact) mass is 445 g/mol. The molecule has 4 bridgehead atoms. The minimum atomic E-state index is 0.134. The number of imidazole rings is 1. The normalized spacial score (nSPS) is 27.9. The lowest BCUT2D eigenvalue weighted by Crippen LogP contribution is -2.49. The van der Waals surface area contributed by atoms with Crippen LogP contribution in [0, 0.1) is 29.1 Å². The zero-order valence-corrected chi connectivity index (χ0v) is 19.1. The molecule has 4 fully saturated rings. The predicted octanol–water partition coefficient (Wildman–Crippen LogP) is 6.28. The van der Waals surface area contributed by atoms with E-state index in [-0.39, 0.29) is 5.41 Å². The number of allylic oxidation sites excluding steroid dienone is 1. The SMILES string of the molecule is N#CC(=Cc1cn(-c2ccccc2)nc1C12CC3CC(CC(C3)C1)C2)c1nc2ccccc2[nH]1. The summed E-state index contributed by atoms with van der Waals surface area (Å²) in [5, 5.41) is 15.3. The Morgan fingerprint density at radius 1 is 0.971 bits per heavy atom. The van der Waals surface area contributed by atoms with E-state index in [1.165, 1.54) is 44.2 Å². The van der Waals surface area contributed by atoms with Gasteiger partial charge in [0.25, 0.3) is 0 Å². The predicted molar refractivity (Wildman–Crippen MR) is 133 cm³/mol. The topological polar surface area (TPSA) is 70.3 Å². The van der Waals surface area contributed by atoms with Gasteiger partial charge in [-0.05, 0) is 86.6 Å². The van der Waals surface area contributed by atoms with Crippen LogP contribution in [-0.4, -0.2) is 19.7 Å². The summed E-state index contributed by atoms with van der Waals surface area (Å²) in [5.41, 5.74) is 5.79. The van der Waals surface area contributed by atoms with Gasteiger partial charge in [-0.25, -0.2) is 9.67 Å². The molecule has 0 aliphatic heterocycles. The van der Waals surface area contributed by atoms with E-state index in [1.807, 2.05) is 53.2 Å². The van der Waals surface area contributed by atoms with E-state index < -0.39 is 0 Å². The van der Waals surface area contributed by atoms with E-state index in [0.29, 0.717) is 11.4 Å². The molecule has 5 heteroatoms. The van der Waals surface area contributed by atoms with Gasteiger partial charge in [0.05, 0.1) is 28.0 Å². The van der Waals surface area contributed by atoms with Gasteiger partial charge in [-0.1, -0.05) is 30.3 Å². The molecule has 2 aromatic carbocycles. The number of benzene rings is 2. The van der Waals surface area contributed by atoms with E-state index in [2.05, 4.69) is 29.4 Å². The number of aromatic amines is 1. The summed E-state index contributed by atoms with van der Waals surface area (Å²) in [6.45, 7) is 0. The van der Waals surface area contributed by atoms with Gasteiger partial charge in [0.2, 0.25) is 0 Å². The molecule has 2 aromatic heterocycles. The van der Waals surface area contributed by atoms with Crippen molar-refractivity contribution in [2.75, 3.05) is 0 Å². The second-order valence-corrected chi connectivity index (χ2v) is 10.7. The molecule has 168 valence electrons. The molecule has 34 heavy (non-hydrogen) atoms. The number of H-pyrrole nitrogens is 1. The maximum Gasteiger partial charge on any atom is 0.149 e. The average molecular weight is 446 g/mol. The largest absolute Gasteiger partial charge is 0.337 e. The highest BCUT2D eigenvalue weighted by Crippen LogP contribution is 2.61. The summed E-state index contributed by atoms with van der Waals surface area (Å²) in [6.07, 6.45) is 12.0. The number of hydrogen-bond acceptors (Lipinski definition) is 3. The third kappa shape index (κ3) is 3.13. The second kappa shape index (κ2) is 7.43. The van der Waals surface area contributed by atoms with Crippen LogP contribution in [-0.2, 0) is 5.41 Å². The van der Waals surface area contributed by atoms with Crippen molar-refractivity contribution in [3.05, 3.63) is 77.9 Å². The number of fused-ring (bicyclic) bond motifs is 1. The van der Waals surface area contributed by atoms with Gasteiger partial charge in [0.15, 0.2) is 0 Å². The van der Waals surface area contributed by atoms with Crippen molar-refractivity contribution >= 4 is 22.7 Å². The lowest BCUT2D eigenvalue weighted by atomic mass is 9.48. The molecule has 0 spiro atoms. The minimum Gasteiger partial charge on any atom is -0.337 e. The van der Waals surface area contributed by atoms with Gasteiger partial charge in [0.1, 0.15) is 11.9 Å². The number of hydrogen-bond donors (Lipinski definition) is 1. The van der Waals surface area contributed by atoms with Gasteiger partial charge < -0.3 is 4.98 Å². The molecule has 0 radical (unpaired) electrons. The van der Waals surface area contributed by atoms with E-state index in [9.17, 15) is 5.26 Å². The molecular formula is C29H27N5. The highest BCUT2D eigenvalue weighted by atomic mass is 15.3. The fourth-order valence-corrected chi connectivity index (χ4v) is 7.41. The molecule has 5 nitrogen and oxygen atoms in total. The molecule has 0 amide bonds. The molecular weight excluding hydrogens is 418 g/mol. The van der Waals surface area contributed by atoms with Gasteiger partial charge in [-0.2, -0.15) is 10.4 Å². The Labute approximate surface area is 199 Å². The van der Waals surface area contributed by atoms with Crippen molar-refractivity contribution in [1.82, 2.24) is 19.7 Å². The summed E-state index contributed by atoms with van der Waals surface area (Å²) in [4.78, 5) is 8.02. The van der Waals surface area contributed by atoms with E-state index in [4.69, 9.17) is 10.1 Å². The molecule has 0 atom stereocenters. The third-order valence-electron chi connectivity index (χ3n) is 8.37. The molecule has 2 heterocycles. The third-order valence-corrected chi connectivity index (χ3v) is 8.37. The Balaban J connectivity index is 1.38. The number of nitriles is 1. The van der Waals surface area contributed by atoms with Crippen molar-refractivity contribution in [2.45, 2.75) is 43.9 Å². The van der Waals surface area contributed by atoms with Crippen molar-refractivity contribution in [2.24, 2.45) is 17.8 Å². The van der Waals surface area contributed by atoms with Crippen LogP contribution < -0.4 is 0 Å². The summed E-state index contributed by atoms with van der Waals surface area (Å²) < 4.78 is 2.01. The Morgan fingerprint density at radius 3 is 2.32 bits per heavy atom. The zero-order valence-electron chi connectivity index (χ0n) is 19.1. The van der Waals surface area contributed by atoms with E-state index >= 15 is 0 Å². The van der Waals surface area contributed by atoms with Gasteiger partial charge in [-0.3, -0.25) is 0 Å².